The van der Waals surface area contributed by atoms with Crippen LogP contribution in [0.15, 0.2) is 30.3 Å². The summed E-state index contributed by atoms with van der Waals surface area (Å²) in [6.45, 7) is 5.15. The molecule has 0 fully saturated rings. The van der Waals surface area contributed by atoms with E-state index in [0.717, 1.165) is 31.7 Å². The van der Waals surface area contributed by atoms with Gasteiger partial charge in [0.15, 0.2) is 0 Å². The normalized spacial score (nSPS) is 15.4. The van der Waals surface area contributed by atoms with E-state index in [0.29, 0.717) is 0 Å². The van der Waals surface area contributed by atoms with E-state index in [2.05, 4.69) is 52.4 Å². The second-order valence-corrected chi connectivity index (χ2v) is 4.64. The largest absolute Gasteiger partial charge is 0.311 e. The lowest BCUT2D eigenvalue weighted by molar-refractivity contribution is 0.589. The maximum Gasteiger partial charge on any atom is 0.0926 e. The van der Waals surface area contributed by atoms with E-state index in [-0.39, 0.29) is 0 Å². The third-order valence-corrected chi connectivity index (χ3v) is 3.24. The van der Waals surface area contributed by atoms with E-state index in [1.807, 2.05) is 0 Å². The molecule has 0 atom stereocenters. The Hall–Kier alpha value is -1.61. The molecular formula is C14H17N3. The molecule has 88 valence electrons. The van der Waals surface area contributed by atoms with Crippen LogP contribution >= 0.6 is 0 Å². The molecule has 0 amide bonds. The topological polar surface area (TPSA) is 29.9 Å². The van der Waals surface area contributed by atoms with Crippen LogP contribution in [0.4, 0.5) is 0 Å². The van der Waals surface area contributed by atoms with Crippen LogP contribution in [0.5, 0.6) is 0 Å². The zero-order valence-corrected chi connectivity index (χ0v) is 10.1. The maximum absolute atomic E-state index is 4.69. The van der Waals surface area contributed by atoms with Gasteiger partial charge in [0.2, 0.25) is 0 Å². The zero-order chi connectivity index (χ0) is 11.7. The van der Waals surface area contributed by atoms with Gasteiger partial charge in [-0.1, -0.05) is 29.8 Å². The summed E-state index contributed by atoms with van der Waals surface area (Å²) >= 11 is 0. The minimum atomic E-state index is 0.929. The SMILES string of the molecule is Cc1ccc(-c2cc3n(n2)CCCNC3)cc1. The highest BCUT2D eigenvalue weighted by molar-refractivity contribution is 5.59. The van der Waals surface area contributed by atoms with Crippen LogP contribution in [0.1, 0.15) is 17.7 Å². The van der Waals surface area contributed by atoms with E-state index in [4.69, 9.17) is 0 Å². The van der Waals surface area contributed by atoms with Crippen molar-refractivity contribution in [3.05, 3.63) is 41.6 Å². The van der Waals surface area contributed by atoms with E-state index in [1.165, 1.54) is 16.8 Å². The Balaban J connectivity index is 1.96. The minimum Gasteiger partial charge on any atom is -0.311 e. The lowest BCUT2D eigenvalue weighted by Crippen LogP contribution is -2.11. The van der Waals surface area contributed by atoms with Crippen LogP contribution in [0.25, 0.3) is 11.3 Å². The first-order valence-electron chi connectivity index (χ1n) is 6.17. The highest BCUT2D eigenvalue weighted by Gasteiger charge is 2.11. The zero-order valence-electron chi connectivity index (χ0n) is 10.1. The fourth-order valence-electron chi connectivity index (χ4n) is 2.23. The van der Waals surface area contributed by atoms with Crippen molar-refractivity contribution in [1.29, 1.82) is 0 Å². The van der Waals surface area contributed by atoms with Gasteiger partial charge in [0.25, 0.3) is 0 Å². The predicted octanol–water partition coefficient (Wildman–Crippen LogP) is 2.35. The Bertz CT molecular complexity index is 487. The first-order chi connectivity index (χ1) is 8.33. The standard InChI is InChI=1S/C14H17N3/c1-11-3-5-12(6-4-11)14-9-13-10-15-7-2-8-17(13)16-14/h3-6,9,15H,2,7-8,10H2,1H3. The first-order valence-corrected chi connectivity index (χ1v) is 6.17. The molecule has 1 aromatic carbocycles. The lowest BCUT2D eigenvalue weighted by Gasteiger charge is -1.99. The molecule has 0 aliphatic carbocycles. The summed E-state index contributed by atoms with van der Waals surface area (Å²) in [4.78, 5) is 0. The summed E-state index contributed by atoms with van der Waals surface area (Å²) in [5, 5.41) is 8.10. The molecule has 0 unspecified atom stereocenters. The molecular weight excluding hydrogens is 210 g/mol. The second-order valence-electron chi connectivity index (χ2n) is 4.64. The second kappa shape index (κ2) is 4.34. The number of hydrogen-bond acceptors (Lipinski definition) is 2. The minimum absolute atomic E-state index is 0.929. The van der Waals surface area contributed by atoms with Crippen LogP contribution in [0.3, 0.4) is 0 Å². The van der Waals surface area contributed by atoms with E-state index < -0.39 is 0 Å². The monoisotopic (exact) mass is 227 g/mol. The Morgan fingerprint density at radius 3 is 2.88 bits per heavy atom. The number of rotatable bonds is 1. The van der Waals surface area contributed by atoms with Gasteiger partial charge in [-0.2, -0.15) is 5.10 Å². The van der Waals surface area contributed by atoms with Crippen LogP contribution in [-0.2, 0) is 13.1 Å². The summed E-state index contributed by atoms with van der Waals surface area (Å²) < 4.78 is 2.13. The molecule has 2 aromatic rings. The smallest absolute Gasteiger partial charge is 0.0926 e. The molecule has 1 aliphatic rings. The van der Waals surface area contributed by atoms with Crippen LogP contribution in [-0.4, -0.2) is 16.3 Å². The van der Waals surface area contributed by atoms with Crippen molar-refractivity contribution < 1.29 is 0 Å². The summed E-state index contributed by atoms with van der Waals surface area (Å²) in [7, 11) is 0. The predicted molar refractivity (Wildman–Crippen MR) is 68.7 cm³/mol. The van der Waals surface area contributed by atoms with Crippen LogP contribution in [0, 0.1) is 6.92 Å². The lowest BCUT2D eigenvalue weighted by atomic mass is 10.1. The molecule has 17 heavy (non-hydrogen) atoms. The number of benzene rings is 1. The quantitative estimate of drug-likeness (QED) is 0.810. The van der Waals surface area contributed by atoms with Gasteiger partial charge in [0, 0.05) is 18.7 Å². The molecule has 0 saturated carbocycles. The molecule has 3 nitrogen and oxygen atoms in total. The van der Waals surface area contributed by atoms with Gasteiger partial charge in [-0.25, -0.2) is 0 Å². The number of aromatic nitrogens is 2. The Morgan fingerprint density at radius 2 is 2.06 bits per heavy atom. The Kier molecular flexibility index (Phi) is 2.69. The van der Waals surface area contributed by atoms with Gasteiger partial charge < -0.3 is 5.32 Å². The number of hydrogen-bond donors (Lipinski definition) is 1. The van der Waals surface area contributed by atoms with Gasteiger partial charge >= 0.3 is 0 Å². The number of fused-ring (bicyclic) bond motifs is 1. The van der Waals surface area contributed by atoms with Crippen molar-refractivity contribution in [3.63, 3.8) is 0 Å². The van der Waals surface area contributed by atoms with Gasteiger partial charge in [-0.05, 0) is 26.0 Å². The van der Waals surface area contributed by atoms with Crippen molar-refractivity contribution in [3.8, 4) is 11.3 Å². The molecule has 0 radical (unpaired) electrons. The average Bonchev–Trinajstić information content (AvgIpc) is 2.62. The first kappa shape index (κ1) is 10.5. The molecule has 1 aromatic heterocycles. The summed E-state index contributed by atoms with van der Waals surface area (Å²) in [6.07, 6.45) is 1.15. The van der Waals surface area contributed by atoms with Crippen molar-refractivity contribution in [2.45, 2.75) is 26.4 Å². The Labute approximate surface area is 101 Å². The molecule has 2 heterocycles. The molecule has 1 N–H and O–H groups in total. The highest BCUT2D eigenvalue weighted by atomic mass is 15.3. The molecule has 3 rings (SSSR count). The summed E-state index contributed by atoms with van der Waals surface area (Å²) in [6, 6.07) is 10.8. The van der Waals surface area contributed by atoms with Crippen molar-refractivity contribution in [2.75, 3.05) is 6.54 Å². The fourth-order valence-corrected chi connectivity index (χ4v) is 2.23. The molecule has 0 bridgehead atoms. The third kappa shape index (κ3) is 2.11. The average molecular weight is 227 g/mol. The molecule has 3 heteroatoms. The van der Waals surface area contributed by atoms with Crippen molar-refractivity contribution in [1.82, 2.24) is 15.1 Å². The Morgan fingerprint density at radius 1 is 1.24 bits per heavy atom. The molecule has 1 aliphatic heterocycles. The fraction of sp³-hybridized carbons (Fsp3) is 0.357. The molecule has 0 saturated heterocycles. The highest BCUT2D eigenvalue weighted by Crippen LogP contribution is 2.20. The van der Waals surface area contributed by atoms with Gasteiger partial charge in [0.05, 0.1) is 11.4 Å². The third-order valence-electron chi connectivity index (χ3n) is 3.24. The maximum atomic E-state index is 4.69. The van der Waals surface area contributed by atoms with Crippen LogP contribution < -0.4 is 5.32 Å². The van der Waals surface area contributed by atoms with Gasteiger partial charge in [-0.15, -0.1) is 0 Å². The number of nitrogens with one attached hydrogen (secondary N) is 1. The summed E-state index contributed by atoms with van der Waals surface area (Å²) in [5.74, 6) is 0. The van der Waals surface area contributed by atoms with E-state index in [1.54, 1.807) is 0 Å². The number of aryl methyl sites for hydroxylation is 2. The van der Waals surface area contributed by atoms with Crippen molar-refractivity contribution >= 4 is 0 Å². The van der Waals surface area contributed by atoms with E-state index >= 15 is 0 Å². The van der Waals surface area contributed by atoms with Gasteiger partial charge in [-0.3, -0.25) is 4.68 Å². The molecule has 0 spiro atoms. The van der Waals surface area contributed by atoms with Crippen LogP contribution in [0.2, 0.25) is 0 Å². The van der Waals surface area contributed by atoms with Gasteiger partial charge in [0.1, 0.15) is 0 Å². The van der Waals surface area contributed by atoms with E-state index in [9.17, 15) is 0 Å². The number of nitrogens with zero attached hydrogens (tertiary/aromatic N) is 2. The summed E-state index contributed by atoms with van der Waals surface area (Å²) in [5.41, 5.74) is 4.87. The van der Waals surface area contributed by atoms with Crippen molar-refractivity contribution in [2.24, 2.45) is 0 Å².